The fraction of sp³-hybridized carbons (Fsp3) is 0.188. The van der Waals surface area contributed by atoms with E-state index < -0.39 is 0 Å². The van der Waals surface area contributed by atoms with E-state index in [1.165, 1.54) is 5.56 Å². The summed E-state index contributed by atoms with van der Waals surface area (Å²) in [5.41, 5.74) is 4.12. The molecule has 3 aromatic heterocycles. The molecule has 0 saturated heterocycles. The molecular formula is C16H15N7S. The van der Waals surface area contributed by atoms with Crippen LogP contribution in [0.5, 0.6) is 0 Å². The van der Waals surface area contributed by atoms with E-state index in [-0.39, 0.29) is 0 Å². The van der Waals surface area contributed by atoms with Crippen LogP contribution < -0.4 is 0 Å². The van der Waals surface area contributed by atoms with Gasteiger partial charge in [-0.1, -0.05) is 29.0 Å². The lowest BCUT2D eigenvalue weighted by Gasteiger charge is -2.06. The quantitative estimate of drug-likeness (QED) is 0.533. The van der Waals surface area contributed by atoms with Crippen molar-refractivity contribution in [3.8, 4) is 5.95 Å². The maximum atomic E-state index is 4.74. The van der Waals surface area contributed by atoms with E-state index in [1.807, 2.05) is 48.1 Å². The first-order chi connectivity index (χ1) is 11.7. The minimum Gasteiger partial charge on any atom is -0.260 e. The molecule has 0 N–H and O–H groups in total. The van der Waals surface area contributed by atoms with Crippen LogP contribution in [0.2, 0.25) is 0 Å². The van der Waals surface area contributed by atoms with Crippen LogP contribution in [0.15, 0.2) is 47.8 Å². The summed E-state index contributed by atoms with van der Waals surface area (Å²) in [5, 5.41) is 12.7. The zero-order chi connectivity index (χ0) is 16.5. The topological polar surface area (TPSA) is 74.3 Å². The third kappa shape index (κ3) is 2.65. The number of benzene rings is 1. The van der Waals surface area contributed by atoms with Crippen molar-refractivity contribution in [3.63, 3.8) is 0 Å². The Hall–Kier alpha value is -2.74. The van der Waals surface area contributed by atoms with Crippen molar-refractivity contribution in [2.75, 3.05) is 0 Å². The molecule has 0 radical (unpaired) electrons. The molecule has 0 fully saturated rings. The van der Waals surface area contributed by atoms with Crippen LogP contribution in [0.1, 0.15) is 11.3 Å². The minimum atomic E-state index is 0.642. The van der Waals surface area contributed by atoms with Crippen LogP contribution in [0.25, 0.3) is 17.0 Å². The lowest BCUT2D eigenvalue weighted by Crippen LogP contribution is -2.05. The molecule has 8 heteroatoms. The largest absolute Gasteiger partial charge is 0.260 e. The molecule has 0 atom stereocenters. The van der Waals surface area contributed by atoms with Crippen molar-refractivity contribution in [2.45, 2.75) is 17.8 Å². The molecule has 1 aromatic carbocycles. The Balaban J connectivity index is 1.76. The molecule has 0 spiro atoms. The normalized spacial score (nSPS) is 11.2. The summed E-state index contributed by atoms with van der Waals surface area (Å²) in [7, 11) is 1.82. The molecule has 0 saturated carbocycles. The number of hydrogen-bond donors (Lipinski definition) is 0. The summed E-state index contributed by atoms with van der Waals surface area (Å²) in [6.07, 6.45) is 1.83. The Kier molecular flexibility index (Phi) is 3.73. The molecule has 4 rings (SSSR count). The van der Waals surface area contributed by atoms with Gasteiger partial charge in [-0.3, -0.25) is 9.55 Å². The molecule has 3 heterocycles. The molecule has 0 bridgehead atoms. The van der Waals surface area contributed by atoms with Crippen LogP contribution in [-0.2, 0) is 12.8 Å². The average molecular weight is 337 g/mol. The van der Waals surface area contributed by atoms with Gasteiger partial charge in [-0.25, -0.2) is 9.67 Å². The summed E-state index contributed by atoms with van der Waals surface area (Å²) < 4.78 is 3.62. The number of imidazole rings is 1. The molecule has 7 nitrogen and oxygen atoms in total. The lowest BCUT2D eigenvalue weighted by atomic mass is 10.3. The highest BCUT2D eigenvalue weighted by atomic mass is 32.2. The lowest BCUT2D eigenvalue weighted by molar-refractivity contribution is 0.682. The second-order valence-electron chi connectivity index (χ2n) is 5.43. The number of fused-ring (bicyclic) bond motifs is 1. The first-order valence-electron chi connectivity index (χ1n) is 7.47. The number of thioether (sulfide) groups is 1. The van der Waals surface area contributed by atoms with Crippen molar-refractivity contribution in [3.05, 3.63) is 53.9 Å². The van der Waals surface area contributed by atoms with Gasteiger partial charge in [-0.05, 0) is 47.2 Å². The third-order valence-corrected chi connectivity index (χ3v) is 4.62. The van der Waals surface area contributed by atoms with Crippen molar-refractivity contribution in [2.24, 2.45) is 7.05 Å². The van der Waals surface area contributed by atoms with Crippen LogP contribution in [0.4, 0.5) is 0 Å². The van der Waals surface area contributed by atoms with E-state index in [1.54, 1.807) is 16.4 Å². The standard InChI is InChI=1S/C16H15N7S/c1-11-7-8-17-12(9-11)10-24-16-18-13-5-3-4-6-14(13)23(16)15-19-20-21-22(15)2/h3-9H,10H2,1-2H3. The van der Waals surface area contributed by atoms with Gasteiger partial charge in [0.1, 0.15) is 0 Å². The van der Waals surface area contributed by atoms with Gasteiger partial charge >= 0.3 is 0 Å². The fourth-order valence-electron chi connectivity index (χ4n) is 2.52. The first-order valence-corrected chi connectivity index (χ1v) is 8.45. The molecule has 0 unspecified atom stereocenters. The first kappa shape index (κ1) is 14.8. The summed E-state index contributed by atoms with van der Waals surface area (Å²) in [4.78, 5) is 9.15. The summed E-state index contributed by atoms with van der Waals surface area (Å²) in [5.74, 6) is 1.37. The Morgan fingerprint density at radius 3 is 2.83 bits per heavy atom. The summed E-state index contributed by atoms with van der Waals surface area (Å²) in [6.45, 7) is 2.07. The highest BCUT2D eigenvalue weighted by Gasteiger charge is 2.17. The van der Waals surface area contributed by atoms with E-state index in [4.69, 9.17) is 4.98 Å². The van der Waals surface area contributed by atoms with E-state index in [9.17, 15) is 0 Å². The van der Waals surface area contributed by atoms with Crippen LogP contribution >= 0.6 is 11.8 Å². The Labute approximate surface area is 142 Å². The number of tetrazole rings is 1. The predicted molar refractivity (Wildman–Crippen MR) is 92.0 cm³/mol. The number of aromatic nitrogens is 7. The Bertz CT molecular complexity index is 1000. The molecule has 0 aliphatic heterocycles. The van der Waals surface area contributed by atoms with Gasteiger partial charge in [0.2, 0.25) is 0 Å². The Morgan fingerprint density at radius 1 is 1.17 bits per heavy atom. The van der Waals surface area contributed by atoms with Gasteiger partial charge in [0.25, 0.3) is 5.95 Å². The zero-order valence-corrected chi connectivity index (χ0v) is 14.1. The van der Waals surface area contributed by atoms with Crippen LogP contribution in [0.3, 0.4) is 0 Å². The van der Waals surface area contributed by atoms with E-state index in [0.29, 0.717) is 5.95 Å². The minimum absolute atomic E-state index is 0.642. The second-order valence-corrected chi connectivity index (χ2v) is 6.38. The molecule has 0 aliphatic rings. The van der Waals surface area contributed by atoms with Crippen molar-refractivity contribution < 1.29 is 0 Å². The number of rotatable bonds is 4. The van der Waals surface area contributed by atoms with Crippen molar-refractivity contribution in [1.82, 2.24) is 34.7 Å². The summed E-state index contributed by atoms with van der Waals surface area (Å²) in [6, 6.07) is 12.1. The monoisotopic (exact) mass is 337 g/mol. The highest BCUT2D eigenvalue weighted by Crippen LogP contribution is 2.28. The smallest absolute Gasteiger partial charge is 0.256 e. The second kappa shape index (κ2) is 6.04. The zero-order valence-electron chi connectivity index (χ0n) is 13.3. The van der Waals surface area contributed by atoms with Crippen LogP contribution in [-0.4, -0.2) is 34.7 Å². The van der Waals surface area contributed by atoms with Gasteiger partial charge in [0.15, 0.2) is 5.16 Å². The van der Waals surface area contributed by atoms with Crippen molar-refractivity contribution >= 4 is 22.8 Å². The molecular weight excluding hydrogens is 322 g/mol. The molecule has 0 amide bonds. The predicted octanol–water partition coefficient (Wildman–Crippen LogP) is 2.54. The van der Waals surface area contributed by atoms with Gasteiger partial charge < -0.3 is 0 Å². The van der Waals surface area contributed by atoms with Gasteiger partial charge in [0, 0.05) is 19.0 Å². The van der Waals surface area contributed by atoms with Gasteiger partial charge in [0.05, 0.1) is 16.7 Å². The molecule has 4 aromatic rings. The molecule has 24 heavy (non-hydrogen) atoms. The summed E-state index contributed by atoms with van der Waals surface area (Å²) >= 11 is 1.62. The molecule has 0 aliphatic carbocycles. The van der Waals surface area contributed by atoms with Gasteiger partial charge in [-0.2, -0.15) is 0 Å². The number of pyridine rings is 1. The number of hydrogen-bond acceptors (Lipinski definition) is 6. The number of aryl methyl sites for hydroxylation is 2. The van der Waals surface area contributed by atoms with E-state index in [0.717, 1.165) is 27.6 Å². The average Bonchev–Trinajstić information content (AvgIpc) is 3.15. The fourth-order valence-corrected chi connectivity index (χ4v) is 3.43. The maximum absolute atomic E-state index is 4.74. The van der Waals surface area contributed by atoms with Crippen molar-refractivity contribution in [1.29, 1.82) is 0 Å². The third-order valence-electron chi connectivity index (χ3n) is 3.65. The SMILES string of the molecule is Cc1ccnc(CSc2nc3ccccc3n2-c2nnnn2C)c1. The van der Waals surface area contributed by atoms with Crippen LogP contribution in [0, 0.1) is 6.92 Å². The maximum Gasteiger partial charge on any atom is 0.256 e. The number of nitrogens with zero attached hydrogens (tertiary/aromatic N) is 7. The van der Waals surface area contributed by atoms with E-state index in [2.05, 4.69) is 33.5 Å². The highest BCUT2D eigenvalue weighted by molar-refractivity contribution is 7.98. The van der Waals surface area contributed by atoms with Gasteiger partial charge in [-0.15, -0.1) is 0 Å². The Morgan fingerprint density at radius 2 is 2.04 bits per heavy atom. The number of para-hydroxylation sites is 2. The van der Waals surface area contributed by atoms with E-state index >= 15 is 0 Å². The molecule has 120 valence electrons.